The largest absolute Gasteiger partial charge is 0.439 e. The Morgan fingerprint density at radius 2 is 0.405 bits per heavy atom. The summed E-state index contributed by atoms with van der Waals surface area (Å²) < 4.78 is 81.6. The fraction of sp³-hybridized carbons (Fsp3) is 1.00. The summed E-state index contributed by atoms with van der Waals surface area (Å²) in [6, 6.07) is 1.94. The van der Waals surface area contributed by atoms with E-state index in [2.05, 4.69) is 352 Å². The van der Waals surface area contributed by atoms with E-state index >= 15 is 0 Å². The quantitative estimate of drug-likeness (QED) is 0.0311. The minimum Gasteiger partial charge on any atom is -0.439 e. The maximum atomic E-state index is 10.6. The zero-order chi connectivity index (χ0) is 101. The summed E-state index contributed by atoms with van der Waals surface area (Å²) in [5, 5.41) is 63.1. The van der Waals surface area contributed by atoms with Gasteiger partial charge in [-0.3, -0.25) is 0 Å². The van der Waals surface area contributed by atoms with E-state index < -0.39 is 168 Å². The molecule has 126 heavy (non-hydrogen) atoms. The summed E-state index contributed by atoms with van der Waals surface area (Å²) in [5.41, 5.74) is 0.233. The summed E-state index contributed by atoms with van der Waals surface area (Å²) >= 11 is 0. The van der Waals surface area contributed by atoms with Gasteiger partial charge in [0.1, 0.15) is 0 Å². The second-order valence-electron chi connectivity index (χ2n) is 54.1. The highest BCUT2D eigenvalue weighted by Gasteiger charge is 2.53. The van der Waals surface area contributed by atoms with Crippen molar-refractivity contribution in [3.05, 3.63) is 0 Å². The topological polar surface area (TPSA) is 232 Å². The molecule has 0 heterocycles. The Morgan fingerprint density at radius 1 is 0.222 bits per heavy atom. The zero-order valence-corrected chi connectivity index (χ0v) is 112. The highest BCUT2D eigenvalue weighted by molar-refractivity contribution is 6.92. The van der Waals surface area contributed by atoms with Gasteiger partial charge in [-0.25, -0.2) is 0 Å². The van der Waals surface area contributed by atoms with Crippen molar-refractivity contribution < 1.29 is 80.0 Å². The highest BCUT2D eigenvalue weighted by Crippen LogP contribution is 2.48. The molecule has 18 nitrogen and oxygen atoms in total. The maximum Gasteiger partial charge on any atom is 0.317 e. The van der Waals surface area contributed by atoms with Crippen LogP contribution in [0.4, 0.5) is 0 Å². The Morgan fingerprint density at radius 3 is 0.595 bits per heavy atom. The van der Waals surface area contributed by atoms with Crippen molar-refractivity contribution in [2.24, 2.45) is 50.7 Å². The molecule has 0 saturated heterocycles. The first-order chi connectivity index (χ1) is 55.5. The van der Waals surface area contributed by atoms with Gasteiger partial charge in [-0.15, -0.1) is 0 Å². The van der Waals surface area contributed by atoms with Crippen LogP contribution in [0, 0.1) is 50.7 Å². The van der Waals surface area contributed by atoms with E-state index in [1.807, 2.05) is 0 Å². The van der Waals surface area contributed by atoms with Gasteiger partial charge in [-0.05, 0) is 385 Å². The number of hydrogen-bond donors (Lipinski definition) is 6. The molecule has 762 valence electrons. The van der Waals surface area contributed by atoms with Crippen LogP contribution in [0.5, 0.6) is 0 Å². The Hall–Kier alpha value is 3.18. The zero-order valence-electron chi connectivity index (χ0n) is 93.7. The molecule has 0 radical (unpaired) electrons. The molecule has 0 saturated carbocycles. The summed E-state index contributed by atoms with van der Waals surface area (Å²) in [4.78, 5) is 0. The van der Waals surface area contributed by atoms with Gasteiger partial charge in [0.25, 0.3) is 0 Å². The second kappa shape index (κ2) is 52.8. The van der Waals surface area contributed by atoms with Crippen molar-refractivity contribution in [3.63, 3.8) is 0 Å². The maximum absolute atomic E-state index is 10.6. The Balaban J connectivity index is -0.00000180. The van der Waals surface area contributed by atoms with E-state index in [1.54, 1.807) is 0 Å². The van der Waals surface area contributed by atoms with Gasteiger partial charge < -0.3 is 80.0 Å². The van der Waals surface area contributed by atoms with Crippen molar-refractivity contribution >= 4 is 152 Å². The molecule has 36 heteroatoms. The third-order valence-electron chi connectivity index (χ3n) is 24.2. The van der Waals surface area contributed by atoms with E-state index in [1.165, 1.54) is 0 Å². The number of aliphatic hydroxyl groups excluding tert-OH is 6. The standard InChI is InChI=1S/C31H76O6Si6.C30H74O6Si6.C29H72O6Si6/c1-29(2,27-42(17,34-38(5,6)7)35-39(8,9)10)21-19-23-31(25-32,26-33)24-20-22-30(3,4)28-43(18,36-40(11,12)13)37-41(14,15)16;1-26(28(3)37(33-38(5,6)7)34-39(8,9)10)20-18-22-30(24-31,25-32)23-19-21-27(2)29(4)42(17,35-40(11,12)13)36-41(14,15)16;1-25(27(3)40(17,32-36(5,6)7)33-37(8,9)10)19-21-29(23-30,24-31)22-20-26(2)28(4)41(18,34-38(11,12)13)35-39(14,15)16/h32-33H,19-28H2,1-18H3;26-29,31-32,37H,18-25H2,1-17H3;25-28,30-31H,19-24H2,1-18H3. The van der Waals surface area contributed by atoms with E-state index in [4.69, 9.17) is 49.4 Å². The molecule has 0 amide bonds. The van der Waals surface area contributed by atoms with Crippen LogP contribution >= 0.6 is 0 Å². The van der Waals surface area contributed by atoms with Gasteiger partial charge in [0, 0.05) is 32.9 Å². The van der Waals surface area contributed by atoms with Crippen molar-refractivity contribution in [2.75, 3.05) is 39.6 Å². The Bertz CT molecular complexity index is 2740. The minimum absolute atomic E-state index is 0.00269. The monoisotopic (exact) mass is 2100 g/mol. The first-order valence-electron chi connectivity index (χ1n) is 49.5. The van der Waals surface area contributed by atoms with Crippen molar-refractivity contribution in [3.8, 4) is 0 Å². The lowest BCUT2D eigenvalue weighted by molar-refractivity contribution is 0.0293. The predicted molar refractivity (Wildman–Crippen MR) is 594 cm³/mol. The second-order valence-corrected chi connectivity index (χ2v) is 131. The van der Waals surface area contributed by atoms with Crippen molar-refractivity contribution in [1.82, 2.24) is 0 Å². The van der Waals surface area contributed by atoms with Crippen LogP contribution in [-0.4, -0.2) is 222 Å². The molecule has 0 aromatic rings. The molecular weight excluding hydrogens is 1870 g/mol. The predicted octanol–water partition coefficient (Wildman–Crippen LogP) is 28.1. The summed E-state index contributed by atoms with van der Waals surface area (Å²) in [6.07, 6.45) is 14.9. The number of rotatable bonds is 64. The van der Waals surface area contributed by atoms with Crippen LogP contribution in [-0.2, 0) is 49.4 Å². The first-order valence-corrected chi connectivity index (χ1v) is 104. The molecule has 0 aromatic carbocycles. The molecule has 6 N–H and O–H groups in total. The molecule has 0 bridgehead atoms. The third kappa shape index (κ3) is 60.3. The minimum atomic E-state index is -2.43. The molecule has 0 aliphatic heterocycles. The van der Waals surface area contributed by atoms with Crippen LogP contribution in [0.3, 0.4) is 0 Å². The van der Waals surface area contributed by atoms with Gasteiger partial charge in [0.2, 0.25) is 0 Å². The van der Waals surface area contributed by atoms with E-state index in [-0.39, 0.29) is 50.5 Å². The number of hydrogen-bond acceptors (Lipinski definition) is 18. The van der Waals surface area contributed by atoms with Crippen LogP contribution in [0.1, 0.15) is 186 Å². The molecule has 0 aromatic heterocycles. The lowest BCUT2D eigenvalue weighted by atomic mass is 9.76. The van der Waals surface area contributed by atoms with Crippen LogP contribution in [0.15, 0.2) is 0 Å². The van der Waals surface area contributed by atoms with Crippen molar-refractivity contribution in [1.29, 1.82) is 0 Å². The van der Waals surface area contributed by atoms with E-state index in [0.29, 0.717) is 45.8 Å². The lowest BCUT2D eigenvalue weighted by Gasteiger charge is -2.45. The smallest absolute Gasteiger partial charge is 0.317 e. The first kappa shape index (κ1) is 133. The highest BCUT2D eigenvalue weighted by atomic mass is 28.5. The van der Waals surface area contributed by atoms with Crippen LogP contribution in [0.25, 0.3) is 0 Å². The SMILES string of the molecule is CC(C)(CCCC(CO)(CO)CCCC(C)(C)C[Si](C)(O[Si](C)(C)C)O[Si](C)(C)C)C[Si](C)(O[Si](C)(C)C)O[Si](C)(C)C.CC(CCC(CO)(CO)CCC(C)C(C)[Si](C)(O[Si](C)(C)C)O[Si](C)(C)C)C(C)[Si](C)(O[Si](C)(C)C)O[Si](C)(C)C.CC(CCCC(CO)(CO)CCCC(C)C(C)[Si](C)(O[Si](C)(C)C)O[Si](C)(C)C)C(C)[SiH](O[Si](C)(C)C)O[Si](C)(C)C. The van der Waals surface area contributed by atoms with Gasteiger partial charge >= 0.3 is 52.1 Å². The molecule has 8 unspecified atom stereocenters. The lowest BCUT2D eigenvalue weighted by Crippen LogP contribution is -2.56. The summed E-state index contributed by atoms with van der Waals surface area (Å²) in [6.45, 7) is 121. The van der Waals surface area contributed by atoms with Gasteiger partial charge in [0.15, 0.2) is 99.8 Å². The average Bonchev–Trinajstić information content (AvgIpc) is 0.807. The number of aliphatic hydroxyl groups is 6. The summed E-state index contributed by atoms with van der Waals surface area (Å²) in [7, 11) is -34.8. The molecule has 0 aliphatic rings. The van der Waals surface area contributed by atoms with Gasteiger partial charge in [-0.2, -0.15) is 0 Å². The van der Waals surface area contributed by atoms with Gasteiger partial charge in [-0.1, -0.05) is 122 Å². The van der Waals surface area contributed by atoms with E-state index in [0.717, 1.165) is 115 Å². The Labute approximate surface area is 804 Å². The average molecular weight is 2100 g/mol. The fourth-order valence-corrected chi connectivity index (χ4v) is 93.1. The summed E-state index contributed by atoms with van der Waals surface area (Å²) in [5.74, 6) is 1.70. The van der Waals surface area contributed by atoms with Crippen molar-refractivity contribution in [2.45, 2.75) is 488 Å². The van der Waals surface area contributed by atoms with E-state index in [9.17, 15) is 30.6 Å². The van der Waals surface area contributed by atoms with Crippen LogP contribution in [0.2, 0.25) is 303 Å². The molecular formula is C90H222O18Si18. The van der Waals surface area contributed by atoms with Gasteiger partial charge in [0.05, 0.1) is 39.6 Å². The molecule has 0 spiro atoms. The third-order valence-corrected chi connectivity index (χ3v) is 84.2. The molecule has 8 atom stereocenters. The normalized spacial score (nSPS) is 16.9. The molecule has 0 rings (SSSR count). The fourth-order valence-electron chi connectivity index (χ4n) is 18.8. The molecule has 0 aliphatic carbocycles. The van der Waals surface area contributed by atoms with Crippen LogP contribution < -0.4 is 0 Å². The molecule has 0 fully saturated rings. The Kier molecular flexibility index (Phi) is 55.9.